The molecule has 0 radical (unpaired) electrons. The van der Waals surface area contributed by atoms with E-state index < -0.39 is 0 Å². The second-order valence-electron chi connectivity index (χ2n) is 4.55. The number of carbonyl (C=O) groups is 1. The number of ketones is 1. The first-order valence-electron chi connectivity index (χ1n) is 6.42. The number of nitrogens with zero attached hydrogens (tertiary/aromatic N) is 1. The maximum atomic E-state index is 12.8. The molecule has 4 heteroatoms. The van der Waals surface area contributed by atoms with Gasteiger partial charge in [-0.3, -0.25) is 9.78 Å². The lowest BCUT2D eigenvalue weighted by molar-refractivity contribution is 0.103. The average molecular weight is 298 g/mol. The summed E-state index contributed by atoms with van der Waals surface area (Å²) < 4.78 is 5.26. The van der Waals surface area contributed by atoms with Crippen molar-refractivity contribution >= 4 is 28.3 Å². The summed E-state index contributed by atoms with van der Waals surface area (Å²) in [4.78, 5) is 17.1. The Hall–Kier alpha value is -2.39. The van der Waals surface area contributed by atoms with Crippen LogP contribution in [0.25, 0.3) is 10.9 Å². The molecule has 0 N–H and O–H groups in total. The third kappa shape index (κ3) is 2.48. The lowest BCUT2D eigenvalue weighted by Gasteiger charge is -2.09. The van der Waals surface area contributed by atoms with Crippen LogP contribution in [-0.4, -0.2) is 17.9 Å². The van der Waals surface area contributed by atoms with Crippen LogP contribution in [0.15, 0.2) is 54.7 Å². The van der Waals surface area contributed by atoms with Gasteiger partial charge in [-0.1, -0.05) is 29.8 Å². The van der Waals surface area contributed by atoms with E-state index in [2.05, 4.69) is 4.98 Å². The first-order valence-corrected chi connectivity index (χ1v) is 6.80. The highest BCUT2D eigenvalue weighted by Gasteiger charge is 2.17. The van der Waals surface area contributed by atoms with E-state index in [0.717, 1.165) is 10.9 Å². The van der Waals surface area contributed by atoms with Crippen LogP contribution in [-0.2, 0) is 0 Å². The van der Waals surface area contributed by atoms with Gasteiger partial charge in [0.15, 0.2) is 5.78 Å². The third-order valence-electron chi connectivity index (χ3n) is 3.30. The molecule has 1 aromatic heterocycles. The highest BCUT2D eigenvalue weighted by molar-refractivity contribution is 6.31. The van der Waals surface area contributed by atoms with E-state index in [4.69, 9.17) is 16.3 Å². The van der Waals surface area contributed by atoms with Crippen molar-refractivity contribution in [2.45, 2.75) is 0 Å². The topological polar surface area (TPSA) is 39.2 Å². The van der Waals surface area contributed by atoms with Crippen molar-refractivity contribution in [3.8, 4) is 5.75 Å². The molecule has 0 fully saturated rings. The molecule has 2 aromatic carbocycles. The van der Waals surface area contributed by atoms with Gasteiger partial charge in [0.05, 0.1) is 18.2 Å². The lowest BCUT2D eigenvalue weighted by atomic mass is 9.99. The molecule has 0 bridgehead atoms. The molecule has 0 amide bonds. The summed E-state index contributed by atoms with van der Waals surface area (Å²) in [7, 11) is 1.53. The number of hydrogen-bond acceptors (Lipinski definition) is 3. The van der Waals surface area contributed by atoms with E-state index in [0.29, 0.717) is 21.9 Å². The van der Waals surface area contributed by atoms with E-state index in [-0.39, 0.29) is 5.78 Å². The fourth-order valence-electron chi connectivity index (χ4n) is 2.30. The van der Waals surface area contributed by atoms with E-state index in [1.165, 1.54) is 7.11 Å². The Labute approximate surface area is 127 Å². The standard InChI is InChI=1S/C17H12ClNO2/c1-21-16-7-6-11(18)10-14(16)17(20)13-8-9-19-15-5-3-2-4-12(13)15/h2-10H,1H3. The molecule has 0 aliphatic carbocycles. The molecule has 0 atom stereocenters. The summed E-state index contributed by atoms with van der Waals surface area (Å²) in [5, 5.41) is 1.31. The first kappa shape index (κ1) is 13.6. The van der Waals surface area contributed by atoms with Gasteiger partial charge in [-0.2, -0.15) is 0 Å². The van der Waals surface area contributed by atoms with Gasteiger partial charge in [-0.05, 0) is 30.3 Å². The van der Waals surface area contributed by atoms with E-state index >= 15 is 0 Å². The number of fused-ring (bicyclic) bond motifs is 1. The number of ether oxygens (including phenoxy) is 1. The quantitative estimate of drug-likeness (QED) is 0.682. The third-order valence-corrected chi connectivity index (χ3v) is 3.53. The van der Waals surface area contributed by atoms with Gasteiger partial charge in [-0.25, -0.2) is 0 Å². The second-order valence-corrected chi connectivity index (χ2v) is 4.99. The Morgan fingerprint density at radius 3 is 2.71 bits per heavy atom. The van der Waals surface area contributed by atoms with Crippen molar-refractivity contribution in [3.63, 3.8) is 0 Å². The van der Waals surface area contributed by atoms with Crippen molar-refractivity contribution in [2.75, 3.05) is 7.11 Å². The van der Waals surface area contributed by atoms with Gasteiger partial charge in [0.25, 0.3) is 0 Å². The number of carbonyl (C=O) groups excluding carboxylic acids is 1. The SMILES string of the molecule is COc1ccc(Cl)cc1C(=O)c1ccnc2ccccc12. The van der Waals surface area contributed by atoms with Gasteiger partial charge in [0, 0.05) is 22.2 Å². The molecule has 0 spiro atoms. The number of hydrogen-bond donors (Lipinski definition) is 0. The van der Waals surface area contributed by atoms with Crippen LogP contribution in [0.5, 0.6) is 5.75 Å². The van der Waals surface area contributed by atoms with Crippen molar-refractivity contribution in [1.29, 1.82) is 0 Å². The number of benzene rings is 2. The first-order chi connectivity index (χ1) is 10.2. The van der Waals surface area contributed by atoms with Crippen LogP contribution >= 0.6 is 11.6 Å². The Bertz CT molecular complexity index is 825. The predicted octanol–water partition coefficient (Wildman–Crippen LogP) is 4.13. The number of pyridine rings is 1. The number of halogens is 1. The zero-order valence-electron chi connectivity index (χ0n) is 11.3. The summed E-state index contributed by atoms with van der Waals surface area (Å²) in [6.45, 7) is 0. The van der Waals surface area contributed by atoms with Crippen LogP contribution in [0.1, 0.15) is 15.9 Å². The van der Waals surface area contributed by atoms with Crippen molar-refractivity contribution in [3.05, 3.63) is 70.9 Å². The highest BCUT2D eigenvalue weighted by atomic mass is 35.5. The number of para-hydroxylation sites is 1. The summed E-state index contributed by atoms with van der Waals surface area (Å²) in [5.41, 5.74) is 1.81. The van der Waals surface area contributed by atoms with E-state index in [1.54, 1.807) is 30.5 Å². The smallest absolute Gasteiger partial charge is 0.197 e. The number of methoxy groups -OCH3 is 1. The van der Waals surface area contributed by atoms with Gasteiger partial charge < -0.3 is 4.74 Å². The van der Waals surface area contributed by atoms with Gasteiger partial charge >= 0.3 is 0 Å². The Kier molecular flexibility index (Phi) is 3.59. The fraction of sp³-hybridized carbons (Fsp3) is 0.0588. The van der Waals surface area contributed by atoms with Crippen molar-refractivity contribution < 1.29 is 9.53 Å². The second kappa shape index (κ2) is 5.54. The molecule has 0 saturated carbocycles. The minimum Gasteiger partial charge on any atom is -0.496 e. The minimum absolute atomic E-state index is 0.132. The molecule has 21 heavy (non-hydrogen) atoms. The molecule has 0 aliphatic heterocycles. The van der Waals surface area contributed by atoms with Crippen LogP contribution in [0, 0.1) is 0 Å². The molecular formula is C17H12ClNO2. The number of rotatable bonds is 3. The molecule has 3 aromatic rings. The Morgan fingerprint density at radius 2 is 1.90 bits per heavy atom. The minimum atomic E-state index is -0.132. The summed E-state index contributed by atoms with van der Waals surface area (Å²) in [6, 6.07) is 14.3. The van der Waals surface area contributed by atoms with Crippen LogP contribution in [0.3, 0.4) is 0 Å². The van der Waals surface area contributed by atoms with Crippen molar-refractivity contribution in [2.24, 2.45) is 0 Å². The van der Waals surface area contributed by atoms with E-state index in [9.17, 15) is 4.79 Å². The molecule has 0 aliphatic rings. The van der Waals surface area contributed by atoms with Crippen molar-refractivity contribution in [1.82, 2.24) is 4.98 Å². The zero-order chi connectivity index (χ0) is 14.8. The number of aromatic nitrogens is 1. The highest BCUT2D eigenvalue weighted by Crippen LogP contribution is 2.27. The van der Waals surface area contributed by atoms with Gasteiger partial charge in [0.2, 0.25) is 0 Å². The summed E-state index contributed by atoms with van der Waals surface area (Å²) >= 11 is 6.00. The molecule has 1 heterocycles. The molecule has 0 saturated heterocycles. The normalized spacial score (nSPS) is 10.6. The van der Waals surface area contributed by atoms with Crippen LogP contribution in [0.2, 0.25) is 5.02 Å². The van der Waals surface area contributed by atoms with E-state index in [1.807, 2.05) is 24.3 Å². The van der Waals surface area contributed by atoms with Gasteiger partial charge in [-0.15, -0.1) is 0 Å². The molecule has 0 unspecified atom stereocenters. The zero-order valence-corrected chi connectivity index (χ0v) is 12.1. The maximum absolute atomic E-state index is 12.8. The van der Waals surface area contributed by atoms with Crippen LogP contribution in [0.4, 0.5) is 0 Å². The summed E-state index contributed by atoms with van der Waals surface area (Å²) in [6.07, 6.45) is 1.63. The average Bonchev–Trinajstić information content (AvgIpc) is 2.53. The summed E-state index contributed by atoms with van der Waals surface area (Å²) in [5.74, 6) is 0.373. The van der Waals surface area contributed by atoms with Crippen LogP contribution < -0.4 is 4.74 Å². The predicted molar refractivity (Wildman–Crippen MR) is 83.2 cm³/mol. The Balaban J connectivity index is 2.20. The Morgan fingerprint density at radius 1 is 1.10 bits per heavy atom. The molecule has 104 valence electrons. The maximum Gasteiger partial charge on any atom is 0.197 e. The van der Waals surface area contributed by atoms with Gasteiger partial charge in [0.1, 0.15) is 5.75 Å². The largest absolute Gasteiger partial charge is 0.496 e. The molecular weight excluding hydrogens is 286 g/mol. The lowest BCUT2D eigenvalue weighted by Crippen LogP contribution is -2.05. The monoisotopic (exact) mass is 297 g/mol. The molecule has 3 nitrogen and oxygen atoms in total. The fourth-order valence-corrected chi connectivity index (χ4v) is 2.47. The molecule has 3 rings (SSSR count).